The third-order valence-corrected chi connectivity index (χ3v) is 9.09. The molecule has 8 heteroatoms. The molecule has 0 fully saturated rings. The number of ether oxygens (including phenoxy) is 1. The van der Waals surface area contributed by atoms with Crippen LogP contribution in [0.3, 0.4) is 0 Å². The second kappa shape index (κ2) is 9.59. The van der Waals surface area contributed by atoms with Gasteiger partial charge in [0.2, 0.25) is 6.29 Å². The minimum absolute atomic E-state index is 0.0593. The SMILES string of the molecule is COc1ccc(N2C(=O)c3c(sc4c3CCCCC4)N3C(SCCc4ccccc4)=NNC23)cc1. The fourth-order valence-electron chi connectivity index (χ4n) is 5.06. The van der Waals surface area contributed by atoms with Gasteiger partial charge in [0.1, 0.15) is 10.8 Å². The summed E-state index contributed by atoms with van der Waals surface area (Å²) in [7, 11) is 1.65. The molecule has 6 rings (SSSR count). The number of nitrogens with zero attached hydrogens (tertiary/aromatic N) is 3. The number of carbonyl (C=O) groups is 1. The number of methoxy groups -OCH3 is 1. The Bertz CT molecular complexity index is 1260. The summed E-state index contributed by atoms with van der Waals surface area (Å²) in [4.78, 5) is 19.5. The summed E-state index contributed by atoms with van der Waals surface area (Å²) in [5.74, 6) is 1.75. The van der Waals surface area contributed by atoms with E-state index in [9.17, 15) is 4.79 Å². The molecule has 1 N–H and O–H groups in total. The average Bonchev–Trinajstić information content (AvgIpc) is 3.39. The van der Waals surface area contributed by atoms with Gasteiger partial charge in [-0.25, -0.2) is 0 Å². The Labute approximate surface area is 214 Å². The maximum Gasteiger partial charge on any atom is 0.264 e. The van der Waals surface area contributed by atoms with Crippen LogP contribution in [0.4, 0.5) is 10.7 Å². The molecular formula is C27H28N4O2S2. The van der Waals surface area contributed by atoms with Gasteiger partial charge in [-0.15, -0.1) is 11.3 Å². The van der Waals surface area contributed by atoms with Gasteiger partial charge in [-0.05, 0) is 67.5 Å². The zero-order valence-corrected chi connectivity index (χ0v) is 21.3. The van der Waals surface area contributed by atoms with Crippen LogP contribution in [0.25, 0.3) is 0 Å². The first-order valence-electron chi connectivity index (χ1n) is 12.2. The molecule has 35 heavy (non-hydrogen) atoms. The second-order valence-electron chi connectivity index (χ2n) is 8.97. The van der Waals surface area contributed by atoms with Crippen molar-refractivity contribution in [3.05, 3.63) is 76.2 Å². The number of hydrogen-bond acceptors (Lipinski definition) is 7. The molecule has 1 unspecified atom stereocenters. The topological polar surface area (TPSA) is 57.2 Å². The summed E-state index contributed by atoms with van der Waals surface area (Å²) in [5, 5.41) is 6.70. The van der Waals surface area contributed by atoms with E-state index in [0.717, 1.165) is 58.6 Å². The van der Waals surface area contributed by atoms with Crippen LogP contribution in [0.1, 0.15) is 45.6 Å². The van der Waals surface area contributed by atoms with Crippen LogP contribution in [-0.2, 0) is 19.3 Å². The fourth-order valence-corrected chi connectivity index (χ4v) is 7.49. The third kappa shape index (κ3) is 4.08. The zero-order valence-electron chi connectivity index (χ0n) is 19.7. The fraction of sp³-hybridized carbons (Fsp3) is 0.333. The Morgan fingerprint density at radius 2 is 1.86 bits per heavy atom. The highest BCUT2D eigenvalue weighted by Crippen LogP contribution is 2.46. The molecule has 0 saturated carbocycles. The first-order valence-corrected chi connectivity index (χ1v) is 14.0. The number of nitrogens with one attached hydrogen (secondary N) is 1. The molecule has 0 radical (unpaired) electrons. The first-order chi connectivity index (χ1) is 17.2. The predicted molar refractivity (Wildman–Crippen MR) is 145 cm³/mol. The van der Waals surface area contributed by atoms with Crippen LogP contribution >= 0.6 is 23.1 Å². The monoisotopic (exact) mass is 504 g/mol. The largest absolute Gasteiger partial charge is 0.497 e. The van der Waals surface area contributed by atoms with Gasteiger partial charge in [-0.1, -0.05) is 48.5 Å². The predicted octanol–water partition coefficient (Wildman–Crippen LogP) is 5.63. The van der Waals surface area contributed by atoms with Crippen molar-refractivity contribution in [2.45, 2.75) is 44.8 Å². The molecule has 0 bridgehead atoms. The van der Waals surface area contributed by atoms with Crippen LogP contribution in [-0.4, -0.2) is 30.2 Å². The lowest BCUT2D eigenvalue weighted by Gasteiger charge is -2.39. The Kier molecular flexibility index (Phi) is 6.16. The van der Waals surface area contributed by atoms with Crippen molar-refractivity contribution < 1.29 is 9.53 Å². The summed E-state index contributed by atoms with van der Waals surface area (Å²) in [6, 6.07) is 18.3. The maximum atomic E-state index is 14.0. The van der Waals surface area contributed by atoms with E-state index in [1.807, 2.05) is 35.2 Å². The van der Waals surface area contributed by atoms with Gasteiger partial charge in [0, 0.05) is 16.3 Å². The van der Waals surface area contributed by atoms with Gasteiger partial charge in [0.05, 0.1) is 12.7 Å². The molecule has 180 valence electrons. The van der Waals surface area contributed by atoms with Gasteiger partial charge >= 0.3 is 0 Å². The number of carbonyl (C=O) groups excluding carboxylic acids is 1. The van der Waals surface area contributed by atoms with E-state index in [2.05, 4.69) is 34.6 Å². The van der Waals surface area contributed by atoms with Crippen LogP contribution in [0.2, 0.25) is 0 Å². The number of hydrogen-bond donors (Lipinski definition) is 1. The summed E-state index contributed by atoms with van der Waals surface area (Å²) in [6.45, 7) is 0. The Morgan fingerprint density at radius 3 is 2.66 bits per heavy atom. The molecule has 1 atom stereocenters. The van der Waals surface area contributed by atoms with Crippen molar-refractivity contribution in [1.82, 2.24) is 5.43 Å². The van der Waals surface area contributed by atoms with Crippen LogP contribution < -0.4 is 20.0 Å². The number of thioether (sulfide) groups is 1. The van der Waals surface area contributed by atoms with E-state index in [1.165, 1.54) is 28.8 Å². The van der Waals surface area contributed by atoms with E-state index in [0.29, 0.717) is 0 Å². The number of anilines is 2. The average molecular weight is 505 g/mol. The van der Waals surface area contributed by atoms with Crippen LogP contribution in [0, 0.1) is 0 Å². The lowest BCUT2D eigenvalue weighted by molar-refractivity contribution is 0.0968. The highest BCUT2D eigenvalue weighted by molar-refractivity contribution is 8.14. The number of rotatable bonds is 5. The molecule has 3 aromatic rings. The first kappa shape index (κ1) is 22.5. The van der Waals surface area contributed by atoms with E-state index < -0.39 is 0 Å². The summed E-state index contributed by atoms with van der Waals surface area (Å²) in [5.41, 5.74) is 7.56. The quantitative estimate of drug-likeness (QED) is 0.457. The van der Waals surface area contributed by atoms with Crippen molar-refractivity contribution >= 4 is 44.9 Å². The van der Waals surface area contributed by atoms with E-state index in [4.69, 9.17) is 9.84 Å². The number of benzene rings is 2. The third-order valence-electron chi connectivity index (χ3n) is 6.84. The lowest BCUT2D eigenvalue weighted by Crippen LogP contribution is -2.58. The molecule has 1 amide bonds. The zero-order chi connectivity index (χ0) is 23.8. The van der Waals surface area contributed by atoms with Crippen molar-refractivity contribution in [1.29, 1.82) is 0 Å². The van der Waals surface area contributed by atoms with Crippen molar-refractivity contribution in [3.8, 4) is 5.75 Å². The van der Waals surface area contributed by atoms with Gasteiger partial charge in [0.25, 0.3) is 5.91 Å². The molecule has 3 aliphatic rings. The van der Waals surface area contributed by atoms with E-state index >= 15 is 0 Å². The van der Waals surface area contributed by atoms with E-state index in [-0.39, 0.29) is 12.2 Å². The van der Waals surface area contributed by atoms with E-state index in [1.54, 1.807) is 30.2 Å². The summed E-state index contributed by atoms with van der Waals surface area (Å²) in [6.07, 6.45) is 6.19. The smallest absolute Gasteiger partial charge is 0.264 e. The molecule has 0 saturated heterocycles. The minimum atomic E-state index is -0.370. The standard InChI is InChI=1S/C27H28N4O2S2/c1-33-20-14-12-19(13-15-20)30-24(32)23-21-10-6-3-7-11-22(21)35-25(23)31-26(30)28-29-27(31)34-17-16-18-8-4-2-5-9-18/h2,4-5,8-9,12-15,26,28H,3,6-7,10-11,16-17H2,1H3. The lowest BCUT2D eigenvalue weighted by atomic mass is 10.0. The van der Waals surface area contributed by atoms with Crippen molar-refractivity contribution in [2.75, 3.05) is 22.7 Å². The molecule has 1 aromatic heterocycles. The Morgan fingerprint density at radius 1 is 1.06 bits per heavy atom. The second-order valence-corrected chi connectivity index (χ2v) is 11.1. The van der Waals surface area contributed by atoms with Gasteiger partial charge in [-0.3, -0.25) is 20.0 Å². The number of amides is 1. The molecule has 2 aromatic carbocycles. The number of hydrazone groups is 1. The van der Waals surface area contributed by atoms with Gasteiger partial charge in [-0.2, -0.15) is 5.10 Å². The number of thiophene rings is 1. The van der Waals surface area contributed by atoms with Crippen LogP contribution in [0.5, 0.6) is 5.75 Å². The summed E-state index contributed by atoms with van der Waals surface area (Å²) >= 11 is 3.54. The molecular weight excluding hydrogens is 476 g/mol. The molecule has 6 nitrogen and oxygen atoms in total. The number of aryl methyl sites for hydroxylation is 2. The molecule has 1 aliphatic carbocycles. The van der Waals surface area contributed by atoms with Gasteiger partial charge < -0.3 is 4.74 Å². The molecule has 2 aliphatic heterocycles. The Balaban J connectivity index is 1.35. The minimum Gasteiger partial charge on any atom is -0.497 e. The number of fused-ring (bicyclic) bond motifs is 5. The molecule has 0 spiro atoms. The molecule has 3 heterocycles. The Hall–Kier alpha value is -2.97. The van der Waals surface area contributed by atoms with Crippen molar-refractivity contribution in [3.63, 3.8) is 0 Å². The van der Waals surface area contributed by atoms with Crippen molar-refractivity contribution in [2.24, 2.45) is 5.10 Å². The van der Waals surface area contributed by atoms with Gasteiger partial charge in [0.15, 0.2) is 5.17 Å². The van der Waals surface area contributed by atoms with Crippen LogP contribution in [0.15, 0.2) is 59.7 Å². The number of amidine groups is 1. The normalized spacial score (nSPS) is 18.8. The maximum absolute atomic E-state index is 14.0. The highest BCUT2D eigenvalue weighted by atomic mass is 32.2. The highest BCUT2D eigenvalue weighted by Gasteiger charge is 2.46. The summed E-state index contributed by atoms with van der Waals surface area (Å²) < 4.78 is 5.35.